The lowest BCUT2D eigenvalue weighted by molar-refractivity contribution is -0.145. The summed E-state index contributed by atoms with van der Waals surface area (Å²) in [6.45, 7) is 3.37. The summed E-state index contributed by atoms with van der Waals surface area (Å²) >= 11 is 0. The van der Waals surface area contributed by atoms with Gasteiger partial charge in [-0.2, -0.15) is 0 Å². The lowest BCUT2D eigenvalue weighted by Crippen LogP contribution is -2.23. The first-order valence-electron chi connectivity index (χ1n) is 11.4. The van der Waals surface area contributed by atoms with Crippen molar-refractivity contribution in [3.8, 4) is 0 Å². The monoisotopic (exact) mass is 410 g/mol. The minimum absolute atomic E-state index is 0.0299. The van der Waals surface area contributed by atoms with Crippen molar-refractivity contribution >= 4 is 18.0 Å². The van der Waals surface area contributed by atoms with Gasteiger partial charge in [-0.05, 0) is 60.6 Å². The SMILES string of the molecule is C=CC(=O)OCCOC(=O)/C=C/c1ccc(C2CCC(C3CCCCC3)CC2)cc1. The molecule has 0 aromatic heterocycles. The maximum atomic E-state index is 11.7. The molecule has 1 aromatic rings. The van der Waals surface area contributed by atoms with E-state index in [9.17, 15) is 9.59 Å². The Kier molecular flexibility index (Phi) is 8.73. The highest BCUT2D eigenvalue weighted by molar-refractivity contribution is 5.87. The molecule has 4 nitrogen and oxygen atoms in total. The molecule has 2 aliphatic rings. The van der Waals surface area contributed by atoms with Gasteiger partial charge in [-0.25, -0.2) is 9.59 Å². The Morgan fingerprint density at radius 1 is 0.833 bits per heavy atom. The largest absolute Gasteiger partial charge is 0.459 e. The highest BCUT2D eigenvalue weighted by Crippen LogP contribution is 2.42. The van der Waals surface area contributed by atoms with Crippen molar-refractivity contribution in [2.24, 2.45) is 11.8 Å². The van der Waals surface area contributed by atoms with Gasteiger partial charge in [-0.15, -0.1) is 0 Å². The van der Waals surface area contributed by atoms with E-state index in [4.69, 9.17) is 9.47 Å². The predicted octanol–water partition coefficient (Wildman–Crippen LogP) is 5.83. The Hall–Kier alpha value is -2.36. The van der Waals surface area contributed by atoms with E-state index in [2.05, 4.69) is 30.8 Å². The zero-order valence-electron chi connectivity index (χ0n) is 17.9. The van der Waals surface area contributed by atoms with Gasteiger partial charge in [-0.1, -0.05) is 62.9 Å². The standard InChI is InChI=1S/C26H34O4/c1-2-25(27)29-18-19-30-26(28)17-10-20-8-11-22(12-9-20)24-15-13-23(14-16-24)21-6-4-3-5-7-21/h2,8-12,17,21,23-24H,1,3-7,13-16,18-19H2/b17-10+. The van der Waals surface area contributed by atoms with Crippen LogP contribution in [0.5, 0.6) is 0 Å². The third kappa shape index (κ3) is 6.86. The van der Waals surface area contributed by atoms with Crippen LogP contribution in [0.3, 0.4) is 0 Å². The summed E-state index contributed by atoms with van der Waals surface area (Å²) in [4.78, 5) is 22.6. The number of benzene rings is 1. The van der Waals surface area contributed by atoms with Gasteiger partial charge in [0.2, 0.25) is 0 Å². The van der Waals surface area contributed by atoms with Crippen molar-refractivity contribution in [1.29, 1.82) is 0 Å². The highest BCUT2D eigenvalue weighted by Gasteiger charge is 2.28. The number of hydrogen-bond acceptors (Lipinski definition) is 4. The van der Waals surface area contributed by atoms with E-state index < -0.39 is 11.9 Å². The van der Waals surface area contributed by atoms with Gasteiger partial charge in [-0.3, -0.25) is 0 Å². The molecule has 3 rings (SSSR count). The molecule has 0 aliphatic heterocycles. The molecule has 30 heavy (non-hydrogen) atoms. The fraction of sp³-hybridized carbons (Fsp3) is 0.538. The fourth-order valence-corrected chi connectivity index (χ4v) is 4.96. The fourth-order valence-electron chi connectivity index (χ4n) is 4.96. The number of esters is 2. The Morgan fingerprint density at radius 2 is 1.43 bits per heavy atom. The van der Waals surface area contributed by atoms with Crippen molar-refractivity contribution < 1.29 is 19.1 Å². The summed E-state index contributed by atoms with van der Waals surface area (Å²) in [5.74, 6) is 1.64. The van der Waals surface area contributed by atoms with E-state index in [1.807, 2.05) is 0 Å². The van der Waals surface area contributed by atoms with Crippen LogP contribution in [0.2, 0.25) is 0 Å². The minimum Gasteiger partial charge on any atom is -0.459 e. The Labute approximate surface area is 180 Å². The summed E-state index contributed by atoms with van der Waals surface area (Å²) in [5.41, 5.74) is 2.39. The second-order valence-corrected chi connectivity index (χ2v) is 8.55. The zero-order valence-corrected chi connectivity index (χ0v) is 17.9. The van der Waals surface area contributed by atoms with Crippen molar-refractivity contribution in [2.75, 3.05) is 13.2 Å². The lowest BCUT2D eigenvalue weighted by Gasteiger charge is -2.36. The second kappa shape index (κ2) is 11.7. The molecule has 0 amide bonds. The van der Waals surface area contributed by atoms with E-state index in [0.717, 1.165) is 23.5 Å². The van der Waals surface area contributed by atoms with Crippen molar-refractivity contribution in [3.05, 3.63) is 54.1 Å². The number of ether oxygens (including phenoxy) is 2. The Balaban J connectivity index is 1.40. The average molecular weight is 411 g/mol. The zero-order chi connectivity index (χ0) is 21.2. The van der Waals surface area contributed by atoms with Gasteiger partial charge in [0.25, 0.3) is 0 Å². The second-order valence-electron chi connectivity index (χ2n) is 8.55. The number of hydrogen-bond donors (Lipinski definition) is 0. The molecule has 0 spiro atoms. The summed E-state index contributed by atoms with van der Waals surface area (Å²) in [7, 11) is 0. The molecule has 0 heterocycles. The molecule has 162 valence electrons. The van der Waals surface area contributed by atoms with E-state index in [-0.39, 0.29) is 13.2 Å². The van der Waals surface area contributed by atoms with Crippen molar-refractivity contribution in [3.63, 3.8) is 0 Å². The van der Waals surface area contributed by atoms with Gasteiger partial charge < -0.3 is 9.47 Å². The van der Waals surface area contributed by atoms with E-state index in [1.165, 1.54) is 69.4 Å². The molecule has 2 fully saturated rings. The number of carbonyl (C=O) groups excluding carboxylic acids is 2. The van der Waals surface area contributed by atoms with E-state index in [0.29, 0.717) is 5.92 Å². The molecule has 0 bridgehead atoms. The van der Waals surface area contributed by atoms with Crippen LogP contribution in [0.4, 0.5) is 0 Å². The maximum absolute atomic E-state index is 11.7. The van der Waals surface area contributed by atoms with Crippen molar-refractivity contribution in [2.45, 2.75) is 63.7 Å². The molecule has 2 saturated carbocycles. The molecule has 0 saturated heterocycles. The topological polar surface area (TPSA) is 52.6 Å². The molecule has 2 aliphatic carbocycles. The third-order valence-corrected chi connectivity index (χ3v) is 6.65. The van der Waals surface area contributed by atoms with Crippen molar-refractivity contribution in [1.82, 2.24) is 0 Å². The van der Waals surface area contributed by atoms with Crippen LogP contribution in [0, 0.1) is 11.8 Å². The molecule has 0 radical (unpaired) electrons. The first-order chi connectivity index (χ1) is 14.7. The summed E-state index contributed by atoms with van der Waals surface area (Å²) < 4.78 is 9.76. The van der Waals surface area contributed by atoms with E-state index in [1.54, 1.807) is 6.08 Å². The summed E-state index contributed by atoms with van der Waals surface area (Å²) in [6, 6.07) is 8.53. The quantitative estimate of drug-likeness (QED) is 0.307. The number of rotatable bonds is 8. The van der Waals surface area contributed by atoms with Gasteiger partial charge in [0.05, 0.1) is 0 Å². The van der Waals surface area contributed by atoms with Crippen LogP contribution in [-0.4, -0.2) is 25.2 Å². The van der Waals surface area contributed by atoms with Crippen LogP contribution in [0.1, 0.15) is 74.8 Å². The minimum atomic E-state index is -0.524. The molecule has 1 aromatic carbocycles. The van der Waals surface area contributed by atoms with Crippen LogP contribution < -0.4 is 0 Å². The Morgan fingerprint density at radius 3 is 2.07 bits per heavy atom. The van der Waals surface area contributed by atoms with Gasteiger partial charge in [0.15, 0.2) is 0 Å². The molecule has 0 N–H and O–H groups in total. The van der Waals surface area contributed by atoms with Gasteiger partial charge in [0, 0.05) is 12.2 Å². The van der Waals surface area contributed by atoms with Crippen LogP contribution in [0.25, 0.3) is 6.08 Å². The number of carbonyl (C=O) groups is 2. The van der Waals surface area contributed by atoms with Gasteiger partial charge in [0.1, 0.15) is 13.2 Å². The van der Waals surface area contributed by atoms with E-state index >= 15 is 0 Å². The smallest absolute Gasteiger partial charge is 0.330 e. The van der Waals surface area contributed by atoms with Gasteiger partial charge >= 0.3 is 11.9 Å². The first kappa shape index (κ1) is 22.3. The Bertz CT molecular complexity index is 720. The average Bonchev–Trinajstić information content (AvgIpc) is 2.81. The molecule has 0 unspecified atom stereocenters. The first-order valence-corrected chi connectivity index (χ1v) is 11.4. The normalized spacial score (nSPS) is 22.5. The summed E-state index contributed by atoms with van der Waals surface area (Å²) in [5, 5.41) is 0. The molecule has 0 atom stereocenters. The third-order valence-electron chi connectivity index (χ3n) is 6.65. The summed E-state index contributed by atoms with van der Waals surface area (Å²) in [6.07, 6.45) is 16.8. The van der Waals surface area contributed by atoms with Crippen LogP contribution in [0.15, 0.2) is 43.0 Å². The molecular formula is C26H34O4. The molecule has 4 heteroatoms. The lowest BCUT2D eigenvalue weighted by atomic mass is 9.70. The van der Waals surface area contributed by atoms with Crippen LogP contribution in [-0.2, 0) is 19.1 Å². The molecular weight excluding hydrogens is 376 g/mol. The highest BCUT2D eigenvalue weighted by atomic mass is 16.6. The maximum Gasteiger partial charge on any atom is 0.330 e. The van der Waals surface area contributed by atoms with Crippen LogP contribution >= 0.6 is 0 Å². The predicted molar refractivity (Wildman–Crippen MR) is 119 cm³/mol.